The van der Waals surface area contributed by atoms with E-state index in [1.54, 1.807) is 16.4 Å². The Bertz CT molecular complexity index is 1040. The number of nitrogens with zero attached hydrogens (tertiary/aromatic N) is 3. The van der Waals surface area contributed by atoms with Crippen LogP contribution in [-0.2, 0) is 5.75 Å². The van der Waals surface area contributed by atoms with Crippen molar-refractivity contribution in [3.05, 3.63) is 69.7 Å². The maximum atomic E-state index is 12.9. The first kappa shape index (κ1) is 21.3. The zero-order chi connectivity index (χ0) is 20.9. The minimum absolute atomic E-state index is 0.122. The van der Waals surface area contributed by atoms with Crippen molar-refractivity contribution in [2.45, 2.75) is 36.3 Å². The molecule has 1 aliphatic rings. The number of hydrogen-bond donors (Lipinski definition) is 0. The number of aromatic nitrogens is 2. The number of amides is 1. The van der Waals surface area contributed by atoms with Gasteiger partial charge < -0.3 is 4.90 Å². The molecule has 0 radical (unpaired) electrons. The van der Waals surface area contributed by atoms with Crippen molar-refractivity contribution in [1.29, 1.82) is 0 Å². The minimum Gasteiger partial charge on any atom is -0.338 e. The van der Waals surface area contributed by atoms with E-state index in [-0.39, 0.29) is 5.91 Å². The van der Waals surface area contributed by atoms with Crippen LogP contribution in [0.5, 0.6) is 0 Å². The second kappa shape index (κ2) is 9.90. The Balaban J connectivity index is 1.45. The van der Waals surface area contributed by atoms with Crippen LogP contribution in [0.25, 0.3) is 5.69 Å². The predicted molar refractivity (Wildman–Crippen MR) is 127 cm³/mol. The van der Waals surface area contributed by atoms with Crippen LogP contribution in [0, 0.1) is 9.87 Å². The third kappa shape index (κ3) is 5.39. The topological polar surface area (TPSA) is 38.1 Å². The maximum Gasteiger partial charge on any atom is 0.253 e. The van der Waals surface area contributed by atoms with E-state index in [4.69, 9.17) is 12.2 Å². The Labute approximate surface area is 190 Å². The van der Waals surface area contributed by atoms with Crippen LogP contribution in [0.1, 0.15) is 42.1 Å². The third-order valence-electron chi connectivity index (χ3n) is 5.05. The minimum atomic E-state index is 0.122. The molecule has 4 nitrogen and oxygen atoms in total. The van der Waals surface area contributed by atoms with E-state index < -0.39 is 0 Å². The van der Waals surface area contributed by atoms with Crippen molar-refractivity contribution in [2.24, 2.45) is 5.92 Å². The molecular weight excluding hydrogens is 430 g/mol. The fourth-order valence-electron chi connectivity index (χ4n) is 3.29. The molecule has 1 saturated carbocycles. The first-order chi connectivity index (χ1) is 14.6. The van der Waals surface area contributed by atoms with Gasteiger partial charge in [-0.05, 0) is 67.2 Å². The average molecular weight is 456 g/mol. The largest absolute Gasteiger partial charge is 0.338 e. The molecule has 4 rings (SSSR count). The lowest BCUT2D eigenvalue weighted by Gasteiger charge is -2.22. The van der Waals surface area contributed by atoms with Crippen LogP contribution in [0.3, 0.4) is 0 Å². The first-order valence-corrected chi connectivity index (χ1v) is 12.5. The molecule has 0 N–H and O–H groups in total. The van der Waals surface area contributed by atoms with Gasteiger partial charge in [0.25, 0.3) is 5.91 Å². The summed E-state index contributed by atoms with van der Waals surface area (Å²) in [6, 6.07) is 18.0. The quantitative estimate of drug-likeness (QED) is 0.284. The SMILES string of the molecule is CCCN(CC1CC1)C(=O)c1ccc(-n2nc(SCc3ccccc3)sc2=S)cc1. The van der Waals surface area contributed by atoms with Crippen molar-refractivity contribution < 1.29 is 4.79 Å². The Morgan fingerprint density at radius 2 is 1.93 bits per heavy atom. The summed E-state index contributed by atoms with van der Waals surface area (Å²) in [5, 5.41) is 4.68. The molecule has 0 saturated heterocycles. The molecule has 156 valence electrons. The predicted octanol–water partition coefficient (Wildman–Crippen LogP) is 6.22. The van der Waals surface area contributed by atoms with Crippen molar-refractivity contribution in [2.75, 3.05) is 13.1 Å². The molecule has 1 heterocycles. The molecule has 3 aromatic rings. The molecule has 0 spiro atoms. The van der Waals surface area contributed by atoms with Gasteiger partial charge in [0.1, 0.15) is 0 Å². The fourth-order valence-corrected chi connectivity index (χ4v) is 5.60. The highest BCUT2D eigenvalue weighted by Crippen LogP contribution is 2.30. The summed E-state index contributed by atoms with van der Waals surface area (Å²) in [5.41, 5.74) is 2.89. The highest BCUT2D eigenvalue weighted by Gasteiger charge is 2.26. The van der Waals surface area contributed by atoms with Gasteiger partial charge in [0.15, 0.2) is 8.29 Å². The van der Waals surface area contributed by atoms with Gasteiger partial charge in [0.2, 0.25) is 0 Å². The van der Waals surface area contributed by atoms with Crippen LogP contribution in [0.15, 0.2) is 58.9 Å². The summed E-state index contributed by atoms with van der Waals surface area (Å²) in [7, 11) is 0. The van der Waals surface area contributed by atoms with Gasteiger partial charge in [0.05, 0.1) is 5.69 Å². The maximum absolute atomic E-state index is 12.9. The van der Waals surface area contributed by atoms with Gasteiger partial charge in [-0.1, -0.05) is 60.4 Å². The fraction of sp³-hybridized carbons (Fsp3) is 0.348. The Morgan fingerprint density at radius 1 is 1.20 bits per heavy atom. The van der Waals surface area contributed by atoms with E-state index >= 15 is 0 Å². The molecule has 2 aromatic carbocycles. The summed E-state index contributed by atoms with van der Waals surface area (Å²) < 4.78 is 3.45. The zero-order valence-corrected chi connectivity index (χ0v) is 19.4. The van der Waals surface area contributed by atoms with E-state index in [1.165, 1.54) is 29.7 Å². The van der Waals surface area contributed by atoms with Gasteiger partial charge >= 0.3 is 0 Å². The summed E-state index contributed by atoms with van der Waals surface area (Å²) in [6.45, 7) is 3.82. The van der Waals surface area contributed by atoms with Crippen molar-refractivity contribution >= 4 is 41.2 Å². The standard InChI is InChI=1S/C23H25N3OS3/c1-2-14-25(15-17-8-9-17)21(27)19-10-12-20(13-11-19)26-23(28)30-22(24-26)29-16-18-6-4-3-5-7-18/h3-7,10-13,17H,2,8-9,14-16H2,1H3. The summed E-state index contributed by atoms with van der Waals surface area (Å²) in [4.78, 5) is 14.9. The van der Waals surface area contributed by atoms with E-state index in [1.807, 2.05) is 47.4 Å². The smallest absolute Gasteiger partial charge is 0.253 e. The summed E-state index contributed by atoms with van der Waals surface area (Å²) in [6.07, 6.45) is 3.48. The van der Waals surface area contributed by atoms with Crippen LogP contribution < -0.4 is 0 Å². The summed E-state index contributed by atoms with van der Waals surface area (Å²) in [5.74, 6) is 1.68. The van der Waals surface area contributed by atoms with Crippen molar-refractivity contribution in [1.82, 2.24) is 14.7 Å². The van der Waals surface area contributed by atoms with Crippen molar-refractivity contribution in [3.8, 4) is 5.69 Å². The highest BCUT2D eigenvalue weighted by atomic mass is 32.2. The number of carbonyl (C=O) groups is 1. The molecule has 0 bridgehead atoms. The summed E-state index contributed by atoms with van der Waals surface area (Å²) >= 11 is 8.74. The van der Waals surface area contributed by atoms with Gasteiger partial charge in [-0.25, -0.2) is 4.68 Å². The van der Waals surface area contributed by atoms with E-state index in [2.05, 4.69) is 24.2 Å². The van der Waals surface area contributed by atoms with Crippen LogP contribution in [-0.4, -0.2) is 33.7 Å². The Kier molecular flexibility index (Phi) is 7.02. The zero-order valence-electron chi connectivity index (χ0n) is 17.0. The molecular formula is C23H25N3OS3. The van der Waals surface area contributed by atoms with E-state index in [0.717, 1.165) is 40.9 Å². The average Bonchev–Trinajstić information content (AvgIpc) is 3.52. The molecule has 1 amide bonds. The van der Waals surface area contributed by atoms with Crippen molar-refractivity contribution in [3.63, 3.8) is 0 Å². The van der Waals surface area contributed by atoms with Crippen LogP contribution >= 0.6 is 35.3 Å². The Hall–Kier alpha value is -1.96. The van der Waals surface area contributed by atoms with Gasteiger partial charge in [0, 0.05) is 24.4 Å². The Morgan fingerprint density at radius 3 is 2.60 bits per heavy atom. The lowest BCUT2D eigenvalue weighted by Crippen LogP contribution is -2.33. The lowest BCUT2D eigenvalue weighted by atomic mass is 10.1. The van der Waals surface area contributed by atoms with E-state index in [9.17, 15) is 4.79 Å². The molecule has 0 aliphatic heterocycles. The van der Waals surface area contributed by atoms with Crippen LogP contribution in [0.2, 0.25) is 0 Å². The molecule has 0 atom stereocenters. The molecule has 1 fully saturated rings. The van der Waals surface area contributed by atoms with Gasteiger partial charge in [-0.2, -0.15) is 0 Å². The van der Waals surface area contributed by atoms with Gasteiger partial charge in [-0.3, -0.25) is 4.79 Å². The number of benzene rings is 2. The van der Waals surface area contributed by atoms with Crippen LogP contribution in [0.4, 0.5) is 0 Å². The monoisotopic (exact) mass is 455 g/mol. The molecule has 1 aliphatic carbocycles. The molecule has 7 heteroatoms. The second-order valence-corrected chi connectivity index (χ2v) is 10.4. The molecule has 1 aromatic heterocycles. The number of rotatable bonds is 9. The normalized spacial score (nSPS) is 13.4. The number of hydrogen-bond acceptors (Lipinski definition) is 5. The molecule has 30 heavy (non-hydrogen) atoms. The first-order valence-electron chi connectivity index (χ1n) is 10.3. The number of thioether (sulfide) groups is 1. The molecule has 0 unspecified atom stereocenters. The second-order valence-electron chi connectivity index (χ2n) is 7.56. The lowest BCUT2D eigenvalue weighted by molar-refractivity contribution is 0.0747. The third-order valence-corrected chi connectivity index (χ3v) is 7.49. The highest BCUT2D eigenvalue weighted by molar-refractivity contribution is 8.00. The van der Waals surface area contributed by atoms with E-state index in [0.29, 0.717) is 9.87 Å². The van der Waals surface area contributed by atoms with Gasteiger partial charge in [-0.15, -0.1) is 5.10 Å². The number of carbonyl (C=O) groups excluding carboxylic acids is 1.